The molecule has 5 nitrogen and oxygen atoms in total. The van der Waals surface area contributed by atoms with Gasteiger partial charge in [0.25, 0.3) is 5.91 Å². The van der Waals surface area contributed by atoms with Gasteiger partial charge in [0, 0.05) is 18.5 Å². The molecule has 2 aliphatic rings. The number of benzene rings is 1. The number of fused-ring (bicyclic) bond motifs is 1. The van der Waals surface area contributed by atoms with Gasteiger partial charge >= 0.3 is 0 Å². The van der Waals surface area contributed by atoms with Crippen LogP contribution in [0, 0.1) is 0 Å². The molecule has 1 fully saturated rings. The minimum atomic E-state index is -0.805. The Kier molecular flexibility index (Phi) is 3.88. The Bertz CT molecular complexity index is 759. The van der Waals surface area contributed by atoms with Gasteiger partial charge < -0.3 is 10.2 Å². The third kappa shape index (κ3) is 2.84. The number of nitrogens with one attached hydrogen (secondary N) is 1. The van der Waals surface area contributed by atoms with Crippen LogP contribution in [0.4, 0.5) is 10.2 Å². The predicted molar refractivity (Wildman–Crippen MR) is 89.0 cm³/mol. The summed E-state index contributed by atoms with van der Waals surface area (Å²) in [5.74, 6) is 1.23. The van der Waals surface area contributed by atoms with Gasteiger partial charge in [-0.05, 0) is 18.4 Å². The highest BCUT2D eigenvalue weighted by Gasteiger charge is 2.32. The summed E-state index contributed by atoms with van der Waals surface area (Å²) < 4.78 is 13.3. The number of hydrogen-bond acceptors (Lipinski definition) is 4. The molecule has 4 rings (SSSR count). The number of hydrogen-bond donors (Lipinski definition) is 1. The summed E-state index contributed by atoms with van der Waals surface area (Å²) in [4.78, 5) is 23.2. The van der Waals surface area contributed by atoms with Crippen LogP contribution < -0.4 is 10.2 Å². The Morgan fingerprint density at radius 1 is 1.17 bits per heavy atom. The van der Waals surface area contributed by atoms with Crippen molar-refractivity contribution >= 4 is 11.7 Å². The Morgan fingerprint density at radius 2 is 1.96 bits per heavy atom. The monoisotopic (exact) mass is 326 g/mol. The minimum Gasteiger partial charge on any atom is -0.350 e. The molecule has 0 spiro atoms. The molecule has 2 aromatic rings. The Morgan fingerprint density at radius 3 is 2.71 bits per heavy atom. The molecule has 0 saturated carbocycles. The second-order valence-electron chi connectivity index (χ2n) is 6.28. The largest absolute Gasteiger partial charge is 0.350 e. The lowest BCUT2D eigenvalue weighted by molar-refractivity contribution is 0.0940. The number of rotatable bonds is 4. The van der Waals surface area contributed by atoms with Crippen LogP contribution in [0.2, 0.25) is 0 Å². The van der Waals surface area contributed by atoms with E-state index in [0.29, 0.717) is 44.0 Å². The van der Waals surface area contributed by atoms with E-state index in [-0.39, 0.29) is 5.91 Å². The van der Waals surface area contributed by atoms with Gasteiger partial charge in [0.1, 0.15) is 23.5 Å². The number of aryl methyl sites for hydroxylation is 2. The molecule has 124 valence electrons. The predicted octanol–water partition coefficient (Wildman–Crippen LogP) is 1.71. The van der Waals surface area contributed by atoms with Crippen LogP contribution in [0.3, 0.4) is 0 Å². The number of nitrogens with zero attached hydrogens (tertiary/aromatic N) is 3. The molecule has 0 bridgehead atoms. The van der Waals surface area contributed by atoms with E-state index in [1.165, 1.54) is 5.56 Å². The fraction of sp³-hybridized carbons (Fsp3) is 0.389. The number of alkyl halides is 1. The van der Waals surface area contributed by atoms with Crippen molar-refractivity contribution in [2.75, 3.05) is 24.5 Å². The lowest BCUT2D eigenvalue weighted by Gasteiger charge is -2.37. The van der Waals surface area contributed by atoms with Crippen molar-refractivity contribution in [2.24, 2.45) is 0 Å². The zero-order valence-electron chi connectivity index (χ0n) is 13.3. The first-order chi connectivity index (χ1) is 11.7. The lowest BCUT2D eigenvalue weighted by atomic mass is 10.0. The summed E-state index contributed by atoms with van der Waals surface area (Å²) in [6.07, 6.45) is 1.36. The Balaban J connectivity index is 1.63. The molecule has 2 aliphatic heterocycles. The molecule has 6 heteroatoms. The summed E-state index contributed by atoms with van der Waals surface area (Å²) in [6, 6.07) is 10.1. The number of aromatic nitrogens is 2. The van der Waals surface area contributed by atoms with Crippen LogP contribution in [0.5, 0.6) is 0 Å². The topological polar surface area (TPSA) is 58.1 Å². The second kappa shape index (κ2) is 6.19. The van der Waals surface area contributed by atoms with Gasteiger partial charge in [0.05, 0.1) is 13.1 Å². The van der Waals surface area contributed by atoms with E-state index in [2.05, 4.69) is 27.4 Å². The van der Waals surface area contributed by atoms with Crippen LogP contribution in [-0.2, 0) is 19.3 Å². The van der Waals surface area contributed by atoms with Gasteiger partial charge in [-0.25, -0.2) is 14.4 Å². The van der Waals surface area contributed by atoms with Crippen LogP contribution in [-0.4, -0.2) is 41.7 Å². The average molecular weight is 326 g/mol. The summed E-state index contributed by atoms with van der Waals surface area (Å²) in [5.41, 5.74) is 2.52. The summed E-state index contributed by atoms with van der Waals surface area (Å²) in [5, 5.41) is 2.83. The van der Waals surface area contributed by atoms with Gasteiger partial charge in [-0.1, -0.05) is 30.3 Å². The van der Waals surface area contributed by atoms with Crippen molar-refractivity contribution in [1.82, 2.24) is 15.3 Å². The van der Waals surface area contributed by atoms with Crippen molar-refractivity contribution < 1.29 is 9.18 Å². The van der Waals surface area contributed by atoms with Crippen molar-refractivity contribution in [3.05, 3.63) is 53.0 Å². The third-order valence-corrected chi connectivity index (χ3v) is 4.52. The molecule has 1 aromatic heterocycles. The zero-order valence-corrected chi connectivity index (χ0v) is 13.3. The summed E-state index contributed by atoms with van der Waals surface area (Å²) in [7, 11) is 0. The Hall–Kier alpha value is -2.50. The quantitative estimate of drug-likeness (QED) is 0.929. The fourth-order valence-electron chi connectivity index (χ4n) is 3.19. The van der Waals surface area contributed by atoms with Gasteiger partial charge in [-0.15, -0.1) is 0 Å². The molecule has 0 atom stereocenters. The van der Waals surface area contributed by atoms with E-state index < -0.39 is 6.17 Å². The van der Waals surface area contributed by atoms with E-state index in [0.717, 1.165) is 17.8 Å². The van der Waals surface area contributed by atoms with E-state index in [1.54, 1.807) is 0 Å². The van der Waals surface area contributed by atoms with Gasteiger partial charge in [0.2, 0.25) is 0 Å². The third-order valence-electron chi connectivity index (χ3n) is 4.52. The maximum Gasteiger partial charge on any atom is 0.270 e. The highest BCUT2D eigenvalue weighted by molar-refractivity contribution is 5.96. The number of anilines is 1. The number of amides is 1. The molecule has 1 amide bonds. The number of halogens is 1. The highest BCUT2D eigenvalue weighted by atomic mass is 19.1. The number of carbonyl (C=O) groups is 1. The van der Waals surface area contributed by atoms with Gasteiger partial charge in [0.15, 0.2) is 0 Å². The van der Waals surface area contributed by atoms with Gasteiger partial charge in [-0.2, -0.15) is 0 Å². The first-order valence-corrected chi connectivity index (χ1v) is 8.31. The molecule has 0 aliphatic carbocycles. The standard InChI is InChI=1S/C18H19FN4O/c19-13-10-23(11-13)17-14-8-9-20-18(24)16(14)21-15(22-17)7-6-12-4-2-1-3-5-12/h1-5,13H,6-11H2,(H,20,24). The smallest absolute Gasteiger partial charge is 0.270 e. The second-order valence-corrected chi connectivity index (χ2v) is 6.28. The maximum absolute atomic E-state index is 13.3. The van der Waals surface area contributed by atoms with E-state index in [4.69, 9.17) is 0 Å². The van der Waals surface area contributed by atoms with Crippen molar-refractivity contribution in [3.8, 4) is 0 Å². The normalized spacial score (nSPS) is 17.2. The van der Waals surface area contributed by atoms with Crippen LogP contribution in [0.25, 0.3) is 0 Å². The first kappa shape index (κ1) is 15.1. The first-order valence-electron chi connectivity index (χ1n) is 8.31. The molecule has 24 heavy (non-hydrogen) atoms. The average Bonchev–Trinajstić information content (AvgIpc) is 2.58. The van der Waals surface area contributed by atoms with Crippen LogP contribution in [0.15, 0.2) is 30.3 Å². The minimum absolute atomic E-state index is 0.154. The molecule has 1 N–H and O–H groups in total. The summed E-state index contributed by atoms with van der Waals surface area (Å²) >= 11 is 0. The van der Waals surface area contributed by atoms with Crippen molar-refractivity contribution in [1.29, 1.82) is 0 Å². The van der Waals surface area contributed by atoms with E-state index >= 15 is 0 Å². The van der Waals surface area contributed by atoms with Crippen molar-refractivity contribution in [3.63, 3.8) is 0 Å². The number of carbonyl (C=O) groups excluding carboxylic acids is 1. The van der Waals surface area contributed by atoms with Gasteiger partial charge in [-0.3, -0.25) is 4.79 Å². The Labute approximate surface area is 139 Å². The molecule has 1 saturated heterocycles. The van der Waals surface area contributed by atoms with E-state index in [9.17, 15) is 9.18 Å². The maximum atomic E-state index is 13.3. The highest BCUT2D eigenvalue weighted by Crippen LogP contribution is 2.28. The molecule has 3 heterocycles. The molecule has 0 radical (unpaired) electrons. The summed E-state index contributed by atoms with van der Waals surface area (Å²) in [6.45, 7) is 1.28. The fourth-order valence-corrected chi connectivity index (χ4v) is 3.19. The zero-order chi connectivity index (χ0) is 16.5. The van der Waals surface area contributed by atoms with Crippen LogP contribution in [0.1, 0.15) is 27.4 Å². The van der Waals surface area contributed by atoms with Crippen molar-refractivity contribution in [2.45, 2.75) is 25.4 Å². The molecular formula is C18H19FN4O. The molecular weight excluding hydrogens is 307 g/mol. The molecule has 0 unspecified atom stereocenters. The lowest BCUT2D eigenvalue weighted by Crippen LogP contribution is -2.50. The molecule has 1 aromatic carbocycles. The van der Waals surface area contributed by atoms with E-state index in [1.807, 2.05) is 23.1 Å². The van der Waals surface area contributed by atoms with Crippen LogP contribution >= 0.6 is 0 Å². The SMILES string of the molecule is O=C1NCCc2c1nc(CCc1ccccc1)nc2N1CC(F)C1.